The SMILES string of the molecule is CNC1CC=CCC1. The summed E-state index contributed by atoms with van der Waals surface area (Å²) in [4.78, 5) is 0. The van der Waals surface area contributed by atoms with Crippen LogP contribution in [0.5, 0.6) is 0 Å². The second-order valence-corrected chi connectivity index (χ2v) is 2.27. The molecule has 1 heteroatoms. The van der Waals surface area contributed by atoms with Gasteiger partial charge in [0.05, 0.1) is 0 Å². The van der Waals surface area contributed by atoms with Crippen molar-refractivity contribution in [1.82, 2.24) is 5.32 Å². The van der Waals surface area contributed by atoms with Crippen LogP contribution in [0.3, 0.4) is 0 Å². The van der Waals surface area contributed by atoms with Crippen LogP contribution in [-0.4, -0.2) is 13.1 Å². The van der Waals surface area contributed by atoms with Crippen LogP contribution in [0, 0.1) is 0 Å². The lowest BCUT2D eigenvalue weighted by Gasteiger charge is -2.15. The molecular formula is C7H13N. The lowest BCUT2D eigenvalue weighted by Crippen LogP contribution is -2.25. The summed E-state index contributed by atoms with van der Waals surface area (Å²) in [6.45, 7) is 0. The number of allylic oxidation sites excluding steroid dienone is 1. The van der Waals surface area contributed by atoms with E-state index in [9.17, 15) is 0 Å². The summed E-state index contributed by atoms with van der Waals surface area (Å²) in [5.74, 6) is 0. The lowest BCUT2D eigenvalue weighted by molar-refractivity contribution is 0.517. The van der Waals surface area contributed by atoms with Crippen molar-refractivity contribution in [2.45, 2.75) is 25.3 Å². The molecule has 8 heavy (non-hydrogen) atoms. The van der Waals surface area contributed by atoms with Gasteiger partial charge in [-0.15, -0.1) is 0 Å². The zero-order valence-electron chi connectivity index (χ0n) is 5.35. The van der Waals surface area contributed by atoms with Crippen molar-refractivity contribution in [2.24, 2.45) is 0 Å². The van der Waals surface area contributed by atoms with Gasteiger partial charge in [-0.3, -0.25) is 0 Å². The highest BCUT2D eigenvalue weighted by molar-refractivity contribution is 4.92. The van der Waals surface area contributed by atoms with E-state index in [0.717, 1.165) is 6.04 Å². The van der Waals surface area contributed by atoms with Gasteiger partial charge < -0.3 is 5.32 Å². The minimum Gasteiger partial charge on any atom is -0.317 e. The first-order valence-corrected chi connectivity index (χ1v) is 3.26. The number of hydrogen-bond donors (Lipinski definition) is 1. The Morgan fingerprint density at radius 1 is 1.50 bits per heavy atom. The second kappa shape index (κ2) is 2.88. The highest BCUT2D eigenvalue weighted by Gasteiger charge is 2.04. The van der Waals surface area contributed by atoms with Gasteiger partial charge in [0.1, 0.15) is 0 Å². The molecule has 0 bridgehead atoms. The molecule has 0 fully saturated rings. The summed E-state index contributed by atoms with van der Waals surface area (Å²) in [6, 6.07) is 0.750. The Kier molecular flexibility index (Phi) is 2.10. The van der Waals surface area contributed by atoms with Gasteiger partial charge >= 0.3 is 0 Å². The summed E-state index contributed by atoms with van der Waals surface area (Å²) in [6.07, 6.45) is 8.30. The topological polar surface area (TPSA) is 12.0 Å². The summed E-state index contributed by atoms with van der Waals surface area (Å²) < 4.78 is 0. The maximum Gasteiger partial charge on any atom is 0.0101 e. The molecule has 1 unspecified atom stereocenters. The van der Waals surface area contributed by atoms with Crippen molar-refractivity contribution in [3.63, 3.8) is 0 Å². The van der Waals surface area contributed by atoms with Crippen LogP contribution in [-0.2, 0) is 0 Å². The molecule has 0 radical (unpaired) electrons. The fourth-order valence-corrected chi connectivity index (χ4v) is 1.06. The molecule has 1 rings (SSSR count). The minimum atomic E-state index is 0.750. The van der Waals surface area contributed by atoms with Crippen molar-refractivity contribution in [2.75, 3.05) is 7.05 Å². The van der Waals surface area contributed by atoms with Crippen molar-refractivity contribution in [3.8, 4) is 0 Å². The van der Waals surface area contributed by atoms with E-state index < -0.39 is 0 Å². The van der Waals surface area contributed by atoms with Gasteiger partial charge in [-0.05, 0) is 26.3 Å². The quantitative estimate of drug-likeness (QED) is 0.503. The Balaban J connectivity index is 2.27. The normalized spacial score (nSPS) is 28.4. The van der Waals surface area contributed by atoms with Crippen molar-refractivity contribution in [1.29, 1.82) is 0 Å². The Morgan fingerprint density at radius 2 is 2.38 bits per heavy atom. The average molecular weight is 111 g/mol. The van der Waals surface area contributed by atoms with E-state index in [0.29, 0.717) is 0 Å². The van der Waals surface area contributed by atoms with E-state index in [1.54, 1.807) is 0 Å². The predicted molar refractivity (Wildman–Crippen MR) is 35.8 cm³/mol. The fraction of sp³-hybridized carbons (Fsp3) is 0.714. The smallest absolute Gasteiger partial charge is 0.0101 e. The summed E-state index contributed by atoms with van der Waals surface area (Å²) in [5, 5.41) is 3.25. The first-order valence-electron chi connectivity index (χ1n) is 3.26. The molecule has 46 valence electrons. The van der Waals surface area contributed by atoms with Crippen LogP contribution in [0.4, 0.5) is 0 Å². The molecule has 0 saturated heterocycles. The van der Waals surface area contributed by atoms with E-state index in [2.05, 4.69) is 17.5 Å². The summed E-state index contributed by atoms with van der Waals surface area (Å²) in [5.41, 5.74) is 0. The molecule has 0 heterocycles. The molecule has 1 atom stereocenters. The van der Waals surface area contributed by atoms with Crippen LogP contribution in [0.15, 0.2) is 12.2 Å². The highest BCUT2D eigenvalue weighted by Crippen LogP contribution is 2.08. The van der Waals surface area contributed by atoms with E-state index in [1.807, 2.05) is 7.05 Å². The summed E-state index contributed by atoms with van der Waals surface area (Å²) in [7, 11) is 2.03. The van der Waals surface area contributed by atoms with Crippen LogP contribution in [0.25, 0.3) is 0 Å². The number of nitrogens with one attached hydrogen (secondary N) is 1. The Hall–Kier alpha value is -0.300. The third-order valence-electron chi connectivity index (χ3n) is 1.68. The van der Waals surface area contributed by atoms with Crippen molar-refractivity contribution < 1.29 is 0 Å². The average Bonchev–Trinajstić information content (AvgIpc) is 1.90. The molecule has 0 aromatic carbocycles. The van der Waals surface area contributed by atoms with Gasteiger partial charge in [0.2, 0.25) is 0 Å². The lowest BCUT2D eigenvalue weighted by atomic mass is 10.0. The predicted octanol–water partition coefficient (Wildman–Crippen LogP) is 1.31. The van der Waals surface area contributed by atoms with Gasteiger partial charge in [0, 0.05) is 6.04 Å². The second-order valence-electron chi connectivity index (χ2n) is 2.27. The van der Waals surface area contributed by atoms with Gasteiger partial charge in [0.15, 0.2) is 0 Å². The monoisotopic (exact) mass is 111 g/mol. The first-order chi connectivity index (χ1) is 3.93. The Morgan fingerprint density at radius 3 is 2.75 bits per heavy atom. The van der Waals surface area contributed by atoms with Gasteiger partial charge in [-0.1, -0.05) is 12.2 Å². The molecule has 0 aromatic heterocycles. The van der Waals surface area contributed by atoms with Gasteiger partial charge in [0.25, 0.3) is 0 Å². The van der Waals surface area contributed by atoms with E-state index in [4.69, 9.17) is 0 Å². The molecule has 0 spiro atoms. The van der Waals surface area contributed by atoms with Gasteiger partial charge in [-0.2, -0.15) is 0 Å². The molecule has 0 saturated carbocycles. The van der Waals surface area contributed by atoms with Crippen molar-refractivity contribution in [3.05, 3.63) is 12.2 Å². The molecule has 1 nitrogen and oxygen atoms in total. The van der Waals surface area contributed by atoms with E-state index >= 15 is 0 Å². The number of hydrogen-bond acceptors (Lipinski definition) is 1. The third kappa shape index (κ3) is 1.34. The van der Waals surface area contributed by atoms with E-state index in [1.165, 1.54) is 19.3 Å². The highest BCUT2D eigenvalue weighted by atomic mass is 14.9. The van der Waals surface area contributed by atoms with E-state index in [-0.39, 0.29) is 0 Å². The van der Waals surface area contributed by atoms with Crippen LogP contribution >= 0.6 is 0 Å². The maximum absolute atomic E-state index is 3.25. The molecule has 1 aliphatic rings. The first kappa shape index (κ1) is 5.83. The number of rotatable bonds is 1. The Labute approximate surface area is 50.8 Å². The van der Waals surface area contributed by atoms with Crippen molar-refractivity contribution >= 4 is 0 Å². The molecule has 1 aliphatic carbocycles. The summed E-state index contributed by atoms with van der Waals surface area (Å²) >= 11 is 0. The molecule has 1 N–H and O–H groups in total. The van der Waals surface area contributed by atoms with Gasteiger partial charge in [-0.25, -0.2) is 0 Å². The van der Waals surface area contributed by atoms with Crippen LogP contribution < -0.4 is 5.32 Å². The zero-order valence-corrected chi connectivity index (χ0v) is 5.35. The maximum atomic E-state index is 3.25. The zero-order chi connectivity index (χ0) is 5.82. The molecule has 0 aromatic rings. The van der Waals surface area contributed by atoms with Crippen LogP contribution in [0.1, 0.15) is 19.3 Å². The van der Waals surface area contributed by atoms with Crippen LogP contribution in [0.2, 0.25) is 0 Å². The minimum absolute atomic E-state index is 0.750. The Bertz CT molecular complexity index is 86.4. The third-order valence-corrected chi connectivity index (χ3v) is 1.68. The molecule has 0 amide bonds. The largest absolute Gasteiger partial charge is 0.317 e. The standard InChI is InChI=1S/C7H13N/c1-8-7-5-3-2-4-6-7/h2-3,7-8H,4-6H2,1H3. The fourth-order valence-electron chi connectivity index (χ4n) is 1.06. The molecule has 0 aliphatic heterocycles. The molecular weight excluding hydrogens is 98.1 g/mol.